The lowest BCUT2D eigenvalue weighted by Gasteiger charge is -2.26. The molecule has 0 N–H and O–H groups in total. The van der Waals surface area contributed by atoms with Crippen LogP contribution >= 0.6 is 11.3 Å². The molecule has 0 spiro atoms. The Balaban J connectivity index is 1.66. The summed E-state index contributed by atoms with van der Waals surface area (Å²) < 4.78 is 24.5. The minimum atomic E-state index is -0.807. The van der Waals surface area contributed by atoms with E-state index in [1.807, 2.05) is 12.1 Å². The van der Waals surface area contributed by atoms with Gasteiger partial charge in [0.15, 0.2) is 10.7 Å². The fourth-order valence-corrected chi connectivity index (χ4v) is 6.00. The predicted octanol–water partition coefficient (Wildman–Crippen LogP) is 3.40. The molecule has 5 rings (SSSR count). The molecule has 200 valence electrons. The molecule has 2 aromatic heterocycles. The first-order valence-corrected chi connectivity index (χ1v) is 13.5. The lowest BCUT2D eigenvalue weighted by Crippen LogP contribution is -2.40. The van der Waals surface area contributed by atoms with Crippen molar-refractivity contribution in [3.05, 3.63) is 72.6 Å². The molecule has 0 amide bonds. The van der Waals surface area contributed by atoms with Gasteiger partial charge in [-0.15, -0.1) is 0 Å². The van der Waals surface area contributed by atoms with Crippen LogP contribution in [0.2, 0.25) is 0 Å². The van der Waals surface area contributed by atoms with Crippen molar-refractivity contribution in [3.8, 4) is 11.5 Å². The molecule has 1 fully saturated rings. The zero-order valence-electron chi connectivity index (χ0n) is 22.0. The first kappa shape index (κ1) is 25.8. The highest BCUT2D eigenvalue weighted by molar-refractivity contribution is 7.07. The molecule has 1 atom stereocenters. The van der Waals surface area contributed by atoms with E-state index >= 15 is 0 Å². The first-order valence-electron chi connectivity index (χ1n) is 12.7. The fraction of sp³-hybridized carbons (Fsp3) is 0.393. The number of benzene rings is 1. The third-order valence-corrected chi connectivity index (χ3v) is 7.79. The number of nitrogens with zero attached hydrogens (tertiary/aromatic N) is 3. The van der Waals surface area contributed by atoms with E-state index in [1.54, 1.807) is 52.3 Å². The summed E-state index contributed by atoms with van der Waals surface area (Å²) in [6, 6.07) is 8.31. The fourth-order valence-electron chi connectivity index (χ4n) is 4.97. The van der Waals surface area contributed by atoms with Crippen molar-refractivity contribution >= 4 is 29.3 Å². The van der Waals surface area contributed by atoms with Crippen molar-refractivity contribution in [2.24, 2.45) is 4.99 Å². The summed E-state index contributed by atoms with van der Waals surface area (Å²) in [7, 11) is 3.11. The number of methoxy groups -OCH3 is 2. The van der Waals surface area contributed by atoms with Crippen molar-refractivity contribution in [2.75, 3.05) is 38.8 Å². The molecule has 1 saturated heterocycles. The van der Waals surface area contributed by atoms with Crippen LogP contribution < -0.4 is 29.3 Å². The number of hydrogen-bond acceptors (Lipinski definition) is 9. The van der Waals surface area contributed by atoms with Crippen molar-refractivity contribution in [1.29, 1.82) is 0 Å². The Bertz CT molecular complexity index is 1560. The smallest absolute Gasteiger partial charge is 0.338 e. The van der Waals surface area contributed by atoms with E-state index in [2.05, 4.69) is 9.89 Å². The number of rotatable bonds is 7. The van der Waals surface area contributed by atoms with Crippen LogP contribution in [0, 0.1) is 0 Å². The largest absolute Gasteiger partial charge is 0.497 e. The molecule has 0 unspecified atom stereocenters. The molecule has 2 aliphatic rings. The summed E-state index contributed by atoms with van der Waals surface area (Å²) in [4.78, 5) is 34.4. The van der Waals surface area contributed by atoms with Crippen LogP contribution in [0.1, 0.15) is 50.5 Å². The van der Waals surface area contributed by atoms with E-state index in [1.165, 1.54) is 22.3 Å². The molecular formula is C28H31N3O6S. The van der Waals surface area contributed by atoms with Gasteiger partial charge in [0.2, 0.25) is 0 Å². The van der Waals surface area contributed by atoms with Gasteiger partial charge < -0.3 is 23.5 Å². The number of carbonyl (C=O) groups excluding carboxylic acids is 1. The van der Waals surface area contributed by atoms with Gasteiger partial charge in [0.05, 0.1) is 36.6 Å². The van der Waals surface area contributed by atoms with E-state index in [9.17, 15) is 9.59 Å². The Labute approximate surface area is 224 Å². The molecule has 38 heavy (non-hydrogen) atoms. The Hall–Kier alpha value is -3.79. The summed E-state index contributed by atoms with van der Waals surface area (Å²) in [5.41, 5.74) is 1.08. The van der Waals surface area contributed by atoms with E-state index in [0.717, 1.165) is 31.8 Å². The number of ether oxygens (including phenoxy) is 3. The number of piperidine rings is 1. The Morgan fingerprint density at radius 1 is 1.16 bits per heavy atom. The molecule has 10 heteroatoms. The lowest BCUT2D eigenvalue weighted by molar-refractivity contribution is -0.139. The van der Waals surface area contributed by atoms with Crippen molar-refractivity contribution in [3.63, 3.8) is 0 Å². The number of esters is 1. The third-order valence-electron chi connectivity index (χ3n) is 6.80. The average Bonchev–Trinajstić information content (AvgIpc) is 3.52. The number of thiazole rings is 1. The van der Waals surface area contributed by atoms with Gasteiger partial charge in [0.25, 0.3) is 5.56 Å². The van der Waals surface area contributed by atoms with Gasteiger partial charge in [-0.25, -0.2) is 9.79 Å². The van der Waals surface area contributed by atoms with Crippen LogP contribution in [0.4, 0.5) is 5.88 Å². The number of furan rings is 1. The number of aromatic nitrogens is 1. The van der Waals surface area contributed by atoms with Crippen molar-refractivity contribution in [2.45, 2.75) is 39.2 Å². The van der Waals surface area contributed by atoms with E-state index < -0.39 is 12.0 Å². The SMILES string of the molecule is CCOC(=O)C1=C(C)N=c2s/c(=C/c3ccc(N4CCCCC4)o3)c(=O)n2[C@@H]1c1cc(OC)ccc1OC. The van der Waals surface area contributed by atoms with Gasteiger partial charge in [-0.05, 0) is 57.4 Å². The van der Waals surface area contributed by atoms with Crippen molar-refractivity contribution < 1.29 is 23.4 Å². The van der Waals surface area contributed by atoms with Gasteiger partial charge in [0.1, 0.15) is 23.3 Å². The molecule has 3 aromatic rings. The standard InChI is InChI=1S/C28H31N3O6S/c1-5-36-27(33)24-17(2)29-28-31(25(24)20-15-18(34-3)9-11-21(20)35-4)26(32)22(38-28)16-19-10-12-23(37-19)30-13-7-6-8-14-30/h9-12,15-16,25H,5-8,13-14H2,1-4H3/b22-16+/t25-/m1/s1. The molecule has 0 radical (unpaired) electrons. The molecule has 4 heterocycles. The monoisotopic (exact) mass is 537 g/mol. The average molecular weight is 538 g/mol. The van der Waals surface area contributed by atoms with E-state index in [4.69, 9.17) is 18.6 Å². The molecule has 2 aliphatic heterocycles. The first-order chi connectivity index (χ1) is 18.4. The number of anilines is 1. The summed E-state index contributed by atoms with van der Waals surface area (Å²) in [5, 5.41) is 0. The zero-order chi connectivity index (χ0) is 26.8. The maximum Gasteiger partial charge on any atom is 0.338 e. The number of hydrogen-bond donors (Lipinski definition) is 0. The lowest BCUT2D eigenvalue weighted by atomic mass is 9.95. The second-order valence-electron chi connectivity index (χ2n) is 9.13. The Morgan fingerprint density at radius 2 is 1.95 bits per heavy atom. The van der Waals surface area contributed by atoms with Gasteiger partial charge in [0, 0.05) is 30.8 Å². The Kier molecular flexibility index (Phi) is 7.42. The topological polar surface area (TPSA) is 95.5 Å². The van der Waals surface area contributed by atoms with Crippen LogP contribution in [0.5, 0.6) is 11.5 Å². The minimum absolute atomic E-state index is 0.194. The van der Waals surface area contributed by atoms with Gasteiger partial charge in [-0.3, -0.25) is 9.36 Å². The molecule has 1 aromatic carbocycles. The Morgan fingerprint density at radius 3 is 2.66 bits per heavy atom. The highest BCUT2D eigenvalue weighted by atomic mass is 32.1. The normalized spacial score (nSPS) is 17.7. The summed E-state index contributed by atoms with van der Waals surface area (Å²) in [5.74, 6) is 1.95. The third kappa shape index (κ3) is 4.76. The highest BCUT2D eigenvalue weighted by Gasteiger charge is 2.35. The van der Waals surface area contributed by atoms with Crippen molar-refractivity contribution in [1.82, 2.24) is 4.57 Å². The molecular weight excluding hydrogens is 506 g/mol. The van der Waals surface area contributed by atoms with Crippen LogP contribution in [0.3, 0.4) is 0 Å². The van der Waals surface area contributed by atoms with Crippen LogP contribution in [-0.4, -0.2) is 44.5 Å². The number of allylic oxidation sites excluding steroid dienone is 1. The molecule has 0 saturated carbocycles. The molecule has 0 aliphatic carbocycles. The number of fused-ring (bicyclic) bond motifs is 1. The summed E-state index contributed by atoms with van der Waals surface area (Å²) in [6.07, 6.45) is 5.26. The van der Waals surface area contributed by atoms with Crippen LogP contribution in [0.25, 0.3) is 6.08 Å². The quantitative estimate of drug-likeness (QED) is 0.427. The van der Waals surface area contributed by atoms with Crippen LogP contribution in [0.15, 0.2) is 55.8 Å². The number of carbonyl (C=O) groups is 1. The molecule has 9 nitrogen and oxygen atoms in total. The van der Waals surface area contributed by atoms with Gasteiger partial charge in [-0.1, -0.05) is 11.3 Å². The van der Waals surface area contributed by atoms with E-state index in [-0.39, 0.29) is 17.7 Å². The van der Waals surface area contributed by atoms with E-state index in [0.29, 0.717) is 37.9 Å². The maximum atomic E-state index is 13.9. The molecule has 0 bridgehead atoms. The minimum Gasteiger partial charge on any atom is -0.497 e. The summed E-state index contributed by atoms with van der Waals surface area (Å²) in [6.45, 7) is 5.62. The van der Waals surface area contributed by atoms with Gasteiger partial charge >= 0.3 is 5.97 Å². The zero-order valence-corrected chi connectivity index (χ0v) is 22.8. The predicted molar refractivity (Wildman–Crippen MR) is 145 cm³/mol. The maximum absolute atomic E-state index is 13.9. The second kappa shape index (κ2) is 10.9. The van der Waals surface area contributed by atoms with Crippen LogP contribution in [-0.2, 0) is 9.53 Å². The highest BCUT2D eigenvalue weighted by Crippen LogP contribution is 2.37. The second-order valence-corrected chi connectivity index (χ2v) is 10.1. The summed E-state index contributed by atoms with van der Waals surface area (Å²) >= 11 is 1.25. The van der Waals surface area contributed by atoms with Gasteiger partial charge in [-0.2, -0.15) is 0 Å².